The summed E-state index contributed by atoms with van der Waals surface area (Å²) in [5.41, 5.74) is 3.70. The van der Waals surface area contributed by atoms with Crippen molar-refractivity contribution in [2.75, 3.05) is 11.4 Å². The predicted molar refractivity (Wildman–Crippen MR) is 84.9 cm³/mol. The van der Waals surface area contributed by atoms with Crippen LogP contribution in [0.4, 0.5) is 5.69 Å². The third kappa shape index (κ3) is 3.84. The first-order valence-electron chi connectivity index (χ1n) is 7.19. The molecule has 0 aromatic heterocycles. The molecule has 2 aromatic carbocycles. The maximum absolute atomic E-state index is 6.00. The Bertz CT molecular complexity index is 524. The van der Waals surface area contributed by atoms with E-state index >= 15 is 0 Å². The van der Waals surface area contributed by atoms with Gasteiger partial charge in [-0.25, -0.2) is 0 Å². The molecule has 0 heterocycles. The van der Waals surface area contributed by atoms with Crippen molar-refractivity contribution in [2.45, 2.75) is 33.6 Å². The highest BCUT2D eigenvalue weighted by Crippen LogP contribution is 2.19. The standard InChI is InChI=1S/C18H23NO/c1-4-19(18-12-8-9-15(2)13-18)16(3)20-14-17-10-6-5-7-11-17/h5-13,16H,4,14H2,1-3H3. The molecular weight excluding hydrogens is 246 g/mol. The maximum atomic E-state index is 6.00. The molecule has 2 heteroatoms. The Hall–Kier alpha value is -1.80. The lowest BCUT2D eigenvalue weighted by Gasteiger charge is -2.30. The summed E-state index contributed by atoms with van der Waals surface area (Å²) in [5.74, 6) is 0. The number of aryl methyl sites for hydroxylation is 1. The molecule has 20 heavy (non-hydrogen) atoms. The number of anilines is 1. The van der Waals surface area contributed by atoms with Crippen molar-refractivity contribution in [2.24, 2.45) is 0 Å². The molecule has 2 rings (SSSR count). The molecule has 0 aliphatic heterocycles. The Morgan fingerprint density at radius 1 is 1.05 bits per heavy atom. The molecule has 106 valence electrons. The van der Waals surface area contributed by atoms with Crippen LogP contribution in [0.1, 0.15) is 25.0 Å². The fourth-order valence-corrected chi connectivity index (χ4v) is 2.34. The fourth-order valence-electron chi connectivity index (χ4n) is 2.34. The van der Waals surface area contributed by atoms with Crippen LogP contribution in [0.5, 0.6) is 0 Å². The second kappa shape index (κ2) is 7.11. The molecule has 0 bridgehead atoms. The van der Waals surface area contributed by atoms with Gasteiger partial charge in [0.15, 0.2) is 0 Å². The van der Waals surface area contributed by atoms with Gasteiger partial charge in [0.2, 0.25) is 0 Å². The van der Waals surface area contributed by atoms with E-state index in [1.54, 1.807) is 0 Å². The van der Waals surface area contributed by atoms with Crippen LogP contribution < -0.4 is 4.90 Å². The van der Waals surface area contributed by atoms with Gasteiger partial charge >= 0.3 is 0 Å². The van der Waals surface area contributed by atoms with Gasteiger partial charge in [-0.2, -0.15) is 0 Å². The minimum absolute atomic E-state index is 0.0574. The van der Waals surface area contributed by atoms with Gasteiger partial charge < -0.3 is 9.64 Å². The molecule has 0 N–H and O–H groups in total. The summed E-state index contributed by atoms with van der Waals surface area (Å²) in [6.45, 7) is 7.95. The zero-order chi connectivity index (χ0) is 14.4. The second-order valence-corrected chi connectivity index (χ2v) is 5.02. The smallest absolute Gasteiger partial charge is 0.127 e. The SMILES string of the molecule is CCN(c1cccc(C)c1)C(C)OCc1ccccc1. The van der Waals surface area contributed by atoms with Gasteiger partial charge in [0.1, 0.15) is 6.23 Å². The van der Waals surface area contributed by atoms with Crippen LogP contribution in [0.25, 0.3) is 0 Å². The van der Waals surface area contributed by atoms with E-state index in [4.69, 9.17) is 4.74 Å². The van der Waals surface area contributed by atoms with Crippen LogP contribution in [0.3, 0.4) is 0 Å². The van der Waals surface area contributed by atoms with Crippen LogP contribution in [0, 0.1) is 6.92 Å². The van der Waals surface area contributed by atoms with Crippen molar-refractivity contribution in [1.29, 1.82) is 0 Å². The summed E-state index contributed by atoms with van der Waals surface area (Å²) < 4.78 is 6.00. The Balaban J connectivity index is 2.00. The Labute approximate surface area is 122 Å². The van der Waals surface area contributed by atoms with Gasteiger partial charge in [0.05, 0.1) is 6.61 Å². The third-order valence-corrected chi connectivity index (χ3v) is 3.45. The molecule has 0 fully saturated rings. The molecule has 1 unspecified atom stereocenters. The summed E-state index contributed by atoms with van der Waals surface area (Å²) in [4.78, 5) is 2.27. The molecule has 0 saturated carbocycles. The Kier molecular flexibility index (Phi) is 5.19. The number of rotatable bonds is 6. The predicted octanol–water partition coefficient (Wildman–Crippen LogP) is 4.38. The van der Waals surface area contributed by atoms with E-state index in [1.807, 2.05) is 18.2 Å². The molecule has 0 aliphatic rings. The van der Waals surface area contributed by atoms with Gasteiger partial charge in [0, 0.05) is 12.2 Å². The fraction of sp³-hybridized carbons (Fsp3) is 0.333. The van der Waals surface area contributed by atoms with Crippen molar-refractivity contribution in [3.63, 3.8) is 0 Å². The molecule has 2 aromatic rings. The minimum Gasteiger partial charge on any atom is -0.354 e. The molecule has 0 aliphatic carbocycles. The van der Waals surface area contributed by atoms with E-state index in [9.17, 15) is 0 Å². The van der Waals surface area contributed by atoms with Crippen LogP contribution in [-0.4, -0.2) is 12.8 Å². The number of hydrogen-bond donors (Lipinski definition) is 0. The van der Waals surface area contributed by atoms with Crippen molar-refractivity contribution in [3.05, 3.63) is 65.7 Å². The van der Waals surface area contributed by atoms with Gasteiger partial charge in [-0.1, -0.05) is 42.5 Å². The van der Waals surface area contributed by atoms with E-state index in [1.165, 1.54) is 16.8 Å². The molecule has 1 atom stereocenters. The monoisotopic (exact) mass is 269 g/mol. The zero-order valence-electron chi connectivity index (χ0n) is 12.5. The molecule has 2 nitrogen and oxygen atoms in total. The lowest BCUT2D eigenvalue weighted by Crippen LogP contribution is -2.34. The number of nitrogens with zero attached hydrogens (tertiary/aromatic N) is 1. The van der Waals surface area contributed by atoms with E-state index < -0.39 is 0 Å². The topological polar surface area (TPSA) is 12.5 Å². The Morgan fingerprint density at radius 2 is 1.80 bits per heavy atom. The highest BCUT2D eigenvalue weighted by Gasteiger charge is 2.13. The third-order valence-electron chi connectivity index (χ3n) is 3.45. The van der Waals surface area contributed by atoms with Gasteiger partial charge in [0.25, 0.3) is 0 Å². The largest absolute Gasteiger partial charge is 0.354 e. The molecular formula is C18H23NO. The van der Waals surface area contributed by atoms with Crippen molar-refractivity contribution in [1.82, 2.24) is 0 Å². The van der Waals surface area contributed by atoms with E-state index in [0.717, 1.165) is 6.54 Å². The summed E-state index contributed by atoms with van der Waals surface area (Å²) in [7, 11) is 0. The molecule has 0 spiro atoms. The quantitative estimate of drug-likeness (QED) is 0.721. The molecule has 0 saturated heterocycles. The summed E-state index contributed by atoms with van der Waals surface area (Å²) in [5, 5.41) is 0. The Morgan fingerprint density at radius 3 is 2.45 bits per heavy atom. The first-order chi connectivity index (χ1) is 9.70. The van der Waals surface area contributed by atoms with E-state index in [2.05, 4.69) is 62.1 Å². The normalized spacial score (nSPS) is 12.2. The van der Waals surface area contributed by atoms with Crippen molar-refractivity contribution < 1.29 is 4.74 Å². The molecule has 0 amide bonds. The lowest BCUT2D eigenvalue weighted by atomic mass is 10.2. The summed E-state index contributed by atoms with van der Waals surface area (Å²) in [6.07, 6.45) is 0.0574. The van der Waals surface area contributed by atoms with Gasteiger partial charge in [-0.05, 0) is 44.0 Å². The summed E-state index contributed by atoms with van der Waals surface area (Å²) in [6, 6.07) is 18.8. The average Bonchev–Trinajstić information content (AvgIpc) is 2.47. The number of benzene rings is 2. The van der Waals surface area contributed by atoms with E-state index in [-0.39, 0.29) is 6.23 Å². The molecule has 0 radical (unpaired) electrons. The lowest BCUT2D eigenvalue weighted by molar-refractivity contribution is 0.0512. The zero-order valence-corrected chi connectivity index (χ0v) is 12.5. The maximum Gasteiger partial charge on any atom is 0.127 e. The van der Waals surface area contributed by atoms with Gasteiger partial charge in [-0.3, -0.25) is 0 Å². The highest BCUT2D eigenvalue weighted by molar-refractivity contribution is 5.48. The van der Waals surface area contributed by atoms with Crippen molar-refractivity contribution >= 4 is 5.69 Å². The van der Waals surface area contributed by atoms with Gasteiger partial charge in [-0.15, -0.1) is 0 Å². The first-order valence-corrected chi connectivity index (χ1v) is 7.19. The number of ether oxygens (including phenoxy) is 1. The van der Waals surface area contributed by atoms with Crippen molar-refractivity contribution in [3.8, 4) is 0 Å². The summed E-state index contributed by atoms with van der Waals surface area (Å²) >= 11 is 0. The van der Waals surface area contributed by atoms with Crippen LogP contribution in [-0.2, 0) is 11.3 Å². The number of hydrogen-bond acceptors (Lipinski definition) is 2. The highest BCUT2D eigenvalue weighted by atomic mass is 16.5. The first kappa shape index (κ1) is 14.6. The van der Waals surface area contributed by atoms with Crippen LogP contribution in [0.15, 0.2) is 54.6 Å². The second-order valence-electron chi connectivity index (χ2n) is 5.02. The average molecular weight is 269 g/mol. The van der Waals surface area contributed by atoms with Crippen LogP contribution >= 0.6 is 0 Å². The van der Waals surface area contributed by atoms with Crippen LogP contribution in [0.2, 0.25) is 0 Å². The van der Waals surface area contributed by atoms with E-state index in [0.29, 0.717) is 6.61 Å². The minimum atomic E-state index is 0.0574.